The van der Waals surface area contributed by atoms with Crippen molar-refractivity contribution in [1.29, 1.82) is 0 Å². The Bertz CT molecular complexity index is 176. The summed E-state index contributed by atoms with van der Waals surface area (Å²) in [6.45, 7) is 0. The van der Waals surface area contributed by atoms with E-state index in [1.165, 1.54) is 0 Å². The topological polar surface area (TPSA) is 18.5 Å². The van der Waals surface area contributed by atoms with Gasteiger partial charge in [-0.25, -0.2) is 8.78 Å². The minimum Gasteiger partial charge on any atom is -0.272 e. The maximum Gasteiger partial charge on any atom is 0.488 e. The van der Waals surface area contributed by atoms with Crippen LogP contribution in [0.5, 0.6) is 0 Å². The van der Waals surface area contributed by atoms with Crippen LogP contribution in [0.3, 0.4) is 0 Å². The predicted molar refractivity (Wildman–Crippen MR) is 47.9 cm³/mol. The Balaban J connectivity index is 4.18. The van der Waals surface area contributed by atoms with E-state index in [2.05, 4.69) is 32.7 Å². The molecule has 0 saturated heterocycles. The van der Waals surface area contributed by atoms with Gasteiger partial charge in [-0.3, -0.25) is 9.47 Å². The van der Waals surface area contributed by atoms with Gasteiger partial charge in [0.2, 0.25) is 11.3 Å². The molecule has 0 aliphatic heterocycles. The molecule has 0 rings (SSSR count). The molecule has 0 aromatic rings. The Morgan fingerprint density at radius 3 is 1.27 bits per heavy atom. The maximum atomic E-state index is 12.6. The molecular formula is C5H4Cl4F4O2. The first kappa shape index (κ1) is 15.8. The van der Waals surface area contributed by atoms with Crippen molar-refractivity contribution in [2.75, 3.05) is 0 Å². The summed E-state index contributed by atoms with van der Waals surface area (Å²) in [4.78, 5) is 0. The monoisotopic (exact) mass is 312 g/mol. The molecule has 0 heterocycles. The summed E-state index contributed by atoms with van der Waals surface area (Å²) in [5, 5.41) is 0. The molecule has 0 radical (unpaired) electrons. The van der Waals surface area contributed by atoms with Gasteiger partial charge in [-0.1, -0.05) is 46.4 Å². The van der Waals surface area contributed by atoms with Gasteiger partial charge in [-0.05, 0) is 0 Å². The van der Waals surface area contributed by atoms with Crippen molar-refractivity contribution >= 4 is 46.4 Å². The molecule has 0 aromatic heterocycles. The van der Waals surface area contributed by atoms with Gasteiger partial charge in [-0.2, -0.15) is 0 Å². The van der Waals surface area contributed by atoms with E-state index >= 15 is 0 Å². The van der Waals surface area contributed by atoms with Gasteiger partial charge in [0.05, 0.1) is 0 Å². The summed E-state index contributed by atoms with van der Waals surface area (Å²) in [6.07, 6.45) is -4.41. The molecule has 0 N–H and O–H groups in total. The van der Waals surface area contributed by atoms with Gasteiger partial charge in [0.15, 0.2) is 11.1 Å². The van der Waals surface area contributed by atoms with E-state index in [1.807, 2.05) is 0 Å². The standard InChI is InChI=1S/C5H4Cl4F4O2/c6-1(10)3(8)14-5(12,13)15-4(9)2(7)11/h1-4H. The van der Waals surface area contributed by atoms with E-state index in [4.69, 9.17) is 23.2 Å². The van der Waals surface area contributed by atoms with E-state index in [-0.39, 0.29) is 0 Å². The Kier molecular flexibility index (Phi) is 6.86. The van der Waals surface area contributed by atoms with Crippen LogP contribution in [-0.4, -0.2) is 28.7 Å². The summed E-state index contributed by atoms with van der Waals surface area (Å²) in [5.41, 5.74) is -9.16. The Morgan fingerprint density at radius 1 is 0.800 bits per heavy atom. The third-order valence-corrected chi connectivity index (χ3v) is 2.23. The summed E-state index contributed by atoms with van der Waals surface area (Å²) in [5.74, 6) is 0. The minimum atomic E-state index is -4.41. The molecule has 0 saturated carbocycles. The highest BCUT2D eigenvalue weighted by Gasteiger charge is 2.41. The average Bonchev–Trinajstić information content (AvgIpc) is 2.01. The summed E-state index contributed by atoms with van der Waals surface area (Å²) < 4.78 is 56.4. The molecule has 2 nitrogen and oxygen atoms in total. The number of alkyl halides is 8. The van der Waals surface area contributed by atoms with Crippen molar-refractivity contribution in [3.05, 3.63) is 0 Å². The fourth-order valence-corrected chi connectivity index (χ4v) is 0.703. The van der Waals surface area contributed by atoms with Crippen molar-refractivity contribution < 1.29 is 27.0 Å². The summed E-state index contributed by atoms with van der Waals surface area (Å²) >= 11 is 19.2. The lowest BCUT2D eigenvalue weighted by Gasteiger charge is -2.22. The van der Waals surface area contributed by atoms with Crippen LogP contribution < -0.4 is 0 Å². The third-order valence-electron chi connectivity index (χ3n) is 0.896. The van der Waals surface area contributed by atoms with Crippen LogP contribution in [-0.2, 0) is 9.47 Å². The largest absolute Gasteiger partial charge is 0.488 e. The van der Waals surface area contributed by atoms with E-state index in [1.54, 1.807) is 0 Å². The smallest absolute Gasteiger partial charge is 0.272 e. The minimum absolute atomic E-state index is 2.18. The van der Waals surface area contributed by atoms with Gasteiger partial charge < -0.3 is 0 Å². The number of hydrogen-bond donors (Lipinski definition) is 0. The summed E-state index contributed by atoms with van der Waals surface area (Å²) in [6, 6.07) is 0. The third kappa shape index (κ3) is 6.86. The highest BCUT2D eigenvalue weighted by atomic mass is 35.5. The Hall–Kier alpha value is 0.800. The lowest BCUT2D eigenvalue weighted by atomic mass is 10.8. The average molecular weight is 314 g/mol. The molecule has 4 unspecified atom stereocenters. The van der Waals surface area contributed by atoms with Crippen LogP contribution >= 0.6 is 46.4 Å². The highest BCUT2D eigenvalue weighted by Crippen LogP contribution is 2.29. The zero-order valence-corrected chi connectivity index (χ0v) is 9.67. The second-order valence-electron chi connectivity index (χ2n) is 2.07. The number of halogens is 8. The zero-order chi connectivity index (χ0) is 12.2. The van der Waals surface area contributed by atoms with Crippen molar-refractivity contribution in [2.45, 2.75) is 28.7 Å². The molecule has 0 spiro atoms. The fraction of sp³-hybridized carbons (Fsp3) is 1.00. The molecule has 0 bridgehead atoms. The molecule has 10 heteroatoms. The van der Waals surface area contributed by atoms with Crippen LogP contribution in [0.1, 0.15) is 0 Å². The number of rotatable bonds is 6. The second kappa shape index (κ2) is 6.51. The van der Waals surface area contributed by atoms with Crippen LogP contribution in [0.2, 0.25) is 0 Å². The molecule has 0 aliphatic rings. The first-order chi connectivity index (χ1) is 6.65. The molecule has 4 atom stereocenters. The molecular weight excluding hydrogens is 310 g/mol. The predicted octanol–water partition coefficient (Wildman–Crippen LogP) is 3.77. The lowest BCUT2D eigenvalue weighted by Crippen LogP contribution is -2.35. The zero-order valence-electron chi connectivity index (χ0n) is 6.65. The SMILES string of the molecule is FC(Cl)C(Cl)OC(F)(F)OC(Cl)C(F)Cl. The molecule has 0 aliphatic carbocycles. The fourth-order valence-electron chi connectivity index (χ4n) is 0.393. The van der Waals surface area contributed by atoms with Crippen molar-refractivity contribution in [2.24, 2.45) is 0 Å². The first-order valence-electron chi connectivity index (χ1n) is 3.23. The van der Waals surface area contributed by atoms with Crippen LogP contribution in [0.4, 0.5) is 17.6 Å². The molecule has 0 amide bonds. The highest BCUT2D eigenvalue weighted by molar-refractivity contribution is 6.29. The lowest BCUT2D eigenvalue weighted by molar-refractivity contribution is -0.406. The van der Waals surface area contributed by atoms with Crippen LogP contribution in [0.25, 0.3) is 0 Å². The van der Waals surface area contributed by atoms with Gasteiger partial charge >= 0.3 is 6.29 Å². The van der Waals surface area contributed by atoms with E-state index < -0.39 is 28.7 Å². The maximum absolute atomic E-state index is 12.6. The van der Waals surface area contributed by atoms with Crippen molar-refractivity contribution in [1.82, 2.24) is 0 Å². The number of ether oxygens (including phenoxy) is 2. The summed E-state index contributed by atoms with van der Waals surface area (Å²) in [7, 11) is 0. The van der Waals surface area contributed by atoms with Crippen LogP contribution in [0.15, 0.2) is 0 Å². The first-order valence-corrected chi connectivity index (χ1v) is 4.98. The van der Waals surface area contributed by atoms with Gasteiger partial charge in [0.1, 0.15) is 0 Å². The van der Waals surface area contributed by atoms with Gasteiger partial charge in [0, 0.05) is 0 Å². The Labute approximate surface area is 102 Å². The second-order valence-corrected chi connectivity index (χ2v) is 3.76. The molecule has 0 aromatic carbocycles. The van der Waals surface area contributed by atoms with Crippen LogP contribution in [0, 0.1) is 0 Å². The van der Waals surface area contributed by atoms with E-state index in [0.717, 1.165) is 0 Å². The van der Waals surface area contributed by atoms with E-state index in [9.17, 15) is 17.6 Å². The van der Waals surface area contributed by atoms with Crippen molar-refractivity contribution in [3.63, 3.8) is 0 Å². The molecule has 92 valence electrons. The Morgan fingerprint density at radius 2 is 1.07 bits per heavy atom. The van der Waals surface area contributed by atoms with Crippen molar-refractivity contribution in [3.8, 4) is 0 Å². The molecule has 0 fully saturated rings. The van der Waals surface area contributed by atoms with Gasteiger partial charge in [-0.15, -0.1) is 8.78 Å². The normalized spacial score (nSPS) is 20.8. The van der Waals surface area contributed by atoms with Gasteiger partial charge in [0.25, 0.3) is 0 Å². The molecule has 15 heavy (non-hydrogen) atoms. The number of hydrogen-bond acceptors (Lipinski definition) is 2. The van der Waals surface area contributed by atoms with E-state index in [0.29, 0.717) is 0 Å². The quantitative estimate of drug-likeness (QED) is 0.422.